The summed E-state index contributed by atoms with van der Waals surface area (Å²) >= 11 is 6.12. The van der Waals surface area contributed by atoms with Gasteiger partial charge in [0.15, 0.2) is 0 Å². The van der Waals surface area contributed by atoms with Gasteiger partial charge in [0, 0.05) is 37.3 Å². The molecule has 1 unspecified atom stereocenters. The molecule has 3 N–H and O–H groups in total. The summed E-state index contributed by atoms with van der Waals surface area (Å²) in [6, 6.07) is 8.48. The minimum absolute atomic E-state index is 0.0158. The van der Waals surface area contributed by atoms with E-state index in [-0.39, 0.29) is 40.4 Å². The van der Waals surface area contributed by atoms with E-state index in [1.54, 1.807) is 35.9 Å². The fraction of sp³-hybridized carbons (Fsp3) is 0.304. The van der Waals surface area contributed by atoms with Crippen molar-refractivity contribution in [1.82, 2.24) is 24.7 Å². The molecule has 1 aromatic carbocycles. The number of amides is 3. The molecule has 3 heterocycles. The topological polar surface area (TPSA) is 113 Å². The molecule has 1 fully saturated rings. The van der Waals surface area contributed by atoms with E-state index in [2.05, 4.69) is 10.4 Å². The minimum Gasteiger partial charge on any atom is -0.364 e. The van der Waals surface area contributed by atoms with Crippen molar-refractivity contribution in [2.24, 2.45) is 5.73 Å². The highest BCUT2D eigenvalue weighted by Gasteiger charge is 2.27. The lowest BCUT2D eigenvalue weighted by atomic mass is 10.1. The van der Waals surface area contributed by atoms with Crippen LogP contribution in [0.2, 0.25) is 5.02 Å². The fourth-order valence-corrected chi connectivity index (χ4v) is 4.17. The minimum atomic E-state index is -0.713. The lowest BCUT2D eigenvalue weighted by Crippen LogP contribution is -2.54. The first-order valence-corrected chi connectivity index (χ1v) is 11.1. The lowest BCUT2D eigenvalue weighted by Gasteiger charge is -2.36. The summed E-state index contributed by atoms with van der Waals surface area (Å²) in [6.45, 7) is 3.36. The molecule has 1 saturated heterocycles. The Morgan fingerprint density at radius 3 is 2.38 bits per heavy atom. The maximum absolute atomic E-state index is 15.0. The van der Waals surface area contributed by atoms with Gasteiger partial charge in [0.05, 0.1) is 22.3 Å². The molecule has 0 bridgehead atoms. The maximum Gasteiger partial charge on any atom is 0.267 e. The van der Waals surface area contributed by atoms with E-state index in [0.29, 0.717) is 36.7 Å². The van der Waals surface area contributed by atoms with Crippen molar-refractivity contribution in [2.75, 3.05) is 33.2 Å². The Labute approximate surface area is 200 Å². The Bertz CT molecular complexity index is 1290. The predicted octanol–water partition coefficient (Wildman–Crippen LogP) is 1.79. The standard InChI is InChI=1S/C23H24ClFN6O3/c1-13(27-2)22(33)29-7-9-30(10-8-29)23(34)14-3-4-15(17(25)11-14)18-5-6-19-16(24)12-20(21(26)32)31(19)28-18/h3-6,11-13,27H,7-10H2,1-2H3,(H2,26,32). The number of nitrogens with zero attached hydrogens (tertiary/aromatic N) is 4. The van der Waals surface area contributed by atoms with Gasteiger partial charge in [0.1, 0.15) is 11.5 Å². The van der Waals surface area contributed by atoms with Crippen LogP contribution in [0, 0.1) is 5.82 Å². The van der Waals surface area contributed by atoms with Crippen molar-refractivity contribution >= 4 is 34.8 Å². The van der Waals surface area contributed by atoms with Gasteiger partial charge in [-0.2, -0.15) is 5.10 Å². The monoisotopic (exact) mass is 486 g/mol. The van der Waals surface area contributed by atoms with Crippen LogP contribution in [-0.4, -0.2) is 76.4 Å². The van der Waals surface area contributed by atoms with Gasteiger partial charge in [0.2, 0.25) is 5.91 Å². The van der Waals surface area contributed by atoms with Crippen molar-refractivity contribution in [1.29, 1.82) is 0 Å². The number of benzene rings is 1. The summed E-state index contributed by atoms with van der Waals surface area (Å²) in [7, 11) is 1.72. The number of halogens is 2. The first-order chi connectivity index (χ1) is 16.2. The van der Waals surface area contributed by atoms with Crippen LogP contribution >= 0.6 is 11.6 Å². The van der Waals surface area contributed by atoms with Crippen molar-refractivity contribution in [3.8, 4) is 11.3 Å². The number of nitrogens with one attached hydrogen (secondary N) is 1. The Hall–Kier alpha value is -3.50. The Balaban J connectivity index is 1.53. The highest BCUT2D eigenvalue weighted by atomic mass is 35.5. The van der Waals surface area contributed by atoms with Crippen molar-refractivity contribution < 1.29 is 18.8 Å². The normalized spacial score (nSPS) is 14.9. The quantitative estimate of drug-likeness (QED) is 0.571. The number of likely N-dealkylation sites (N-methyl/N-ethyl adjacent to an activating group) is 1. The van der Waals surface area contributed by atoms with E-state index in [0.717, 1.165) is 0 Å². The highest BCUT2D eigenvalue weighted by Crippen LogP contribution is 2.27. The summed E-state index contributed by atoms with van der Waals surface area (Å²) in [6.07, 6.45) is 0. The Kier molecular flexibility index (Phi) is 6.54. The van der Waals surface area contributed by atoms with E-state index in [9.17, 15) is 14.4 Å². The van der Waals surface area contributed by atoms with Crippen LogP contribution in [0.4, 0.5) is 4.39 Å². The second-order valence-corrected chi connectivity index (χ2v) is 8.49. The smallest absolute Gasteiger partial charge is 0.267 e. The number of rotatable bonds is 5. The molecule has 3 amide bonds. The largest absolute Gasteiger partial charge is 0.364 e. The van der Waals surface area contributed by atoms with E-state index < -0.39 is 11.7 Å². The van der Waals surface area contributed by atoms with Crippen LogP contribution in [0.15, 0.2) is 36.4 Å². The molecule has 1 aliphatic rings. The molecule has 0 radical (unpaired) electrons. The average Bonchev–Trinajstić information content (AvgIpc) is 3.18. The molecule has 0 saturated carbocycles. The third kappa shape index (κ3) is 4.34. The molecule has 0 spiro atoms. The van der Waals surface area contributed by atoms with Crippen LogP contribution in [0.1, 0.15) is 27.8 Å². The van der Waals surface area contributed by atoms with Crippen LogP contribution in [-0.2, 0) is 4.79 Å². The SMILES string of the molecule is CNC(C)C(=O)N1CCN(C(=O)c2ccc(-c3ccc4c(Cl)cc(C(N)=O)n4n3)c(F)c2)CC1. The highest BCUT2D eigenvalue weighted by molar-refractivity contribution is 6.34. The fourth-order valence-electron chi connectivity index (χ4n) is 3.93. The van der Waals surface area contributed by atoms with Gasteiger partial charge in [-0.3, -0.25) is 14.4 Å². The zero-order chi connectivity index (χ0) is 24.6. The number of fused-ring (bicyclic) bond motifs is 1. The molecule has 1 aliphatic heterocycles. The molecule has 3 aromatic rings. The number of primary amides is 1. The van der Waals surface area contributed by atoms with Gasteiger partial charge in [-0.05, 0) is 50.4 Å². The number of piperazine rings is 1. The maximum atomic E-state index is 15.0. The van der Waals surface area contributed by atoms with Gasteiger partial charge >= 0.3 is 0 Å². The molecule has 11 heteroatoms. The average molecular weight is 487 g/mol. The van der Waals surface area contributed by atoms with Crippen molar-refractivity contribution in [2.45, 2.75) is 13.0 Å². The summed E-state index contributed by atoms with van der Waals surface area (Å²) in [4.78, 5) is 40.2. The van der Waals surface area contributed by atoms with Gasteiger partial charge < -0.3 is 20.9 Å². The summed E-state index contributed by atoms with van der Waals surface area (Å²) in [5, 5.41) is 7.53. The second-order valence-electron chi connectivity index (χ2n) is 8.08. The third-order valence-electron chi connectivity index (χ3n) is 6.00. The predicted molar refractivity (Wildman–Crippen MR) is 125 cm³/mol. The molecule has 0 aliphatic carbocycles. The van der Waals surface area contributed by atoms with Gasteiger partial charge in [-0.1, -0.05) is 11.6 Å². The number of hydrogen-bond donors (Lipinski definition) is 2. The number of carbonyl (C=O) groups excluding carboxylic acids is 3. The Morgan fingerprint density at radius 1 is 1.09 bits per heavy atom. The molecule has 2 aromatic heterocycles. The van der Waals surface area contributed by atoms with Crippen molar-refractivity contribution in [3.63, 3.8) is 0 Å². The number of hydrogen-bond acceptors (Lipinski definition) is 5. The molecular formula is C23H24ClFN6O3. The molecule has 9 nitrogen and oxygen atoms in total. The molecule has 4 rings (SSSR count). The summed E-state index contributed by atoms with van der Waals surface area (Å²) < 4.78 is 16.3. The first kappa shape index (κ1) is 23.7. The van der Waals surface area contributed by atoms with Crippen LogP contribution in [0.5, 0.6) is 0 Å². The summed E-state index contributed by atoms with van der Waals surface area (Å²) in [5.74, 6) is -1.67. The Morgan fingerprint density at radius 2 is 1.76 bits per heavy atom. The van der Waals surface area contributed by atoms with E-state index in [4.69, 9.17) is 17.3 Å². The van der Waals surface area contributed by atoms with Crippen LogP contribution in [0.25, 0.3) is 16.8 Å². The summed E-state index contributed by atoms with van der Waals surface area (Å²) in [5.41, 5.74) is 6.55. The van der Waals surface area contributed by atoms with Gasteiger partial charge in [-0.15, -0.1) is 0 Å². The van der Waals surface area contributed by atoms with Gasteiger partial charge in [-0.25, -0.2) is 8.91 Å². The molecule has 34 heavy (non-hydrogen) atoms. The van der Waals surface area contributed by atoms with E-state index in [1.165, 1.54) is 28.8 Å². The molecule has 1 atom stereocenters. The van der Waals surface area contributed by atoms with Crippen LogP contribution < -0.4 is 11.1 Å². The third-order valence-corrected chi connectivity index (χ3v) is 6.30. The van der Waals surface area contributed by atoms with Gasteiger partial charge in [0.25, 0.3) is 11.8 Å². The zero-order valence-electron chi connectivity index (χ0n) is 18.7. The zero-order valence-corrected chi connectivity index (χ0v) is 19.5. The van der Waals surface area contributed by atoms with Crippen molar-refractivity contribution in [3.05, 3.63) is 58.5 Å². The molecular weight excluding hydrogens is 463 g/mol. The number of aromatic nitrogens is 2. The van der Waals surface area contributed by atoms with Crippen LogP contribution in [0.3, 0.4) is 0 Å². The van der Waals surface area contributed by atoms with E-state index in [1.807, 2.05) is 0 Å². The lowest BCUT2D eigenvalue weighted by molar-refractivity contribution is -0.134. The first-order valence-electron chi connectivity index (χ1n) is 10.7. The second kappa shape index (κ2) is 9.40. The van der Waals surface area contributed by atoms with E-state index >= 15 is 4.39 Å². The number of carbonyl (C=O) groups is 3. The number of nitrogens with two attached hydrogens (primary N) is 1. The molecule has 178 valence electrons.